The Morgan fingerprint density at radius 2 is 0.979 bits per heavy atom. The van der Waals surface area contributed by atoms with Gasteiger partial charge in [0.15, 0.2) is 17.5 Å². The van der Waals surface area contributed by atoms with Gasteiger partial charge in [-0.3, -0.25) is 0 Å². The molecule has 10 rings (SSSR count). The first-order valence-corrected chi connectivity index (χ1v) is 15.9. The van der Waals surface area contributed by atoms with E-state index in [9.17, 15) is 0 Å². The van der Waals surface area contributed by atoms with Gasteiger partial charge in [0.1, 0.15) is 22.7 Å². The summed E-state index contributed by atoms with van der Waals surface area (Å²) < 4.78 is 12.7. The number of rotatable bonds is 4. The lowest BCUT2D eigenvalue weighted by molar-refractivity contribution is 0.487. The summed E-state index contributed by atoms with van der Waals surface area (Å²) in [6, 6.07) is 51.6. The SMILES string of the molecule is c1ccc(-c2nc(-c3ccccc3)nc(-c3ccc4c5c(cccc35)-c3cc(-c5ccc6oc7ccccc7c6c5)ccc3O4)n2)cc1. The van der Waals surface area contributed by atoms with Crippen molar-refractivity contribution in [3.05, 3.63) is 152 Å². The Balaban J connectivity index is 1.14. The summed E-state index contributed by atoms with van der Waals surface area (Å²) >= 11 is 0. The van der Waals surface area contributed by atoms with Crippen LogP contribution in [0.4, 0.5) is 0 Å². The van der Waals surface area contributed by atoms with E-state index in [1.54, 1.807) is 0 Å². The van der Waals surface area contributed by atoms with Crippen molar-refractivity contribution >= 4 is 32.7 Å². The summed E-state index contributed by atoms with van der Waals surface area (Å²) in [5.41, 5.74) is 8.97. The summed E-state index contributed by atoms with van der Waals surface area (Å²) in [4.78, 5) is 14.9. The third-order valence-corrected chi connectivity index (χ3v) is 9.14. The second-order valence-electron chi connectivity index (χ2n) is 12.0. The second-order valence-corrected chi connectivity index (χ2v) is 12.0. The van der Waals surface area contributed by atoms with Gasteiger partial charge in [-0.2, -0.15) is 0 Å². The van der Waals surface area contributed by atoms with E-state index < -0.39 is 0 Å². The number of hydrogen-bond donors (Lipinski definition) is 0. The predicted molar refractivity (Wildman–Crippen MR) is 192 cm³/mol. The molecule has 2 aromatic heterocycles. The molecule has 1 aliphatic rings. The van der Waals surface area contributed by atoms with Crippen LogP contribution in [0.5, 0.6) is 11.5 Å². The first-order chi connectivity index (χ1) is 23.8. The number of hydrogen-bond acceptors (Lipinski definition) is 5. The van der Waals surface area contributed by atoms with Crippen molar-refractivity contribution in [1.29, 1.82) is 0 Å². The zero-order chi connectivity index (χ0) is 31.6. The molecular formula is C43H25N3O2. The Hall–Kier alpha value is -6.59. The summed E-state index contributed by atoms with van der Waals surface area (Å²) in [7, 11) is 0. The van der Waals surface area contributed by atoms with Crippen LogP contribution in [0.2, 0.25) is 0 Å². The predicted octanol–water partition coefficient (Wildman–Crippen LogP) is 11.4. The number of aromatic nitrogens is 3. The van der Waals surface area contributed by atoms with Crippen LogP contribution in [-0.4, -0.2) is 15.0 Å². The van der Waals surface area contributed by atoms with Crippen LogP contribution >= 0.6 is 0 Å². The summed E-state index contributed by atoms with van der Waals surface area (Å²) in [5, 5.41) is 4.29. The topological polar surface area (TPSA) is 61.0 Å². The van der Waals surface area contributed by atoms with E-state index >= 15 is 0 Å². The number of ether oxygens (including phenoxy) is 1. The van der Waals surface area contributed by atoms with Gasteiger partial charge in [0, 0.05) is 38.4 Å². The fraction of sp³-hybridized carbons (Fsp3) is 0. The maximum Gasteiger partial charge on any atom is 0.164 e. The van der Waals surface area contributed by atoms with Gasteiger partial charge in [-0.15, -0.1) is 0 Å². The van der Waals surface area contributed by atoms with Crippen molar-refractivity contribution in [2.24, 2.45) is 0 Å². The second kappa shape index (κ2) is 10.5. The maximum absolute atomic E-state index is 6.56. The highest BCUT2D eigenvalue weighted by molar-refractivity contribution is 6.10. The smallest absolute Gasteiger partial charge is 0.164 e. The third kappa shape index (κ3) is 4.22. The molecule has 0 fully saturated rings. The zero-order valence-electron chi connectivity index (χ0n) is 25.6. The highest BCUT2D eigenvalue weighted by Gasteiger charge is 2.24. The highest BCUT2D eigenvalue weighted by atomic mass is 16.5. The molecule has 0 radical (unpaired) electrons. The van der Waals surface area contributed by atoms with Gasteiger partial charge in [-0.05, 0) is 64.5 Å². The molecule has 1 aliphatic heterocycles. The monoisotopic (exact) mass is 615 g/mol. The fourth-order valence-electron chi connectivity index (χ4n) is 6.84. The Morgan fingerprint density at radius 3 is 1.77 bits per heavy atom. The van der Waals surface area contributed by atoms with Crippen LogP contribution < -0.4 is 4.74 Å². The van der Waals surface area contributed by atoms with Crippen LogP contribution in [0.3, 0.4) is 0 Å². The minimum atomic E-state index is 0.617. The van der Waals surface area contributed by atoms with Gasteiger partial charge in [0.2, 0.25) is 0 Å². The first-order valence-electron chi connectivity index (χ1n) is 15.9. The van der Waals surface area contributed by atoms with Crippen molar-refractivity contribution in [2.75, 3.05) is 0 Å². The maximum atomic E-state index is 6.56. The standard InChI is InChI=1S/C43H25N3O2/c1-3-10-26(11-4-1)41-44-42(27-12-5-2-6-13-27)46-43(45-41)33-20-23-39-40-31(33)15-9-16-32(40)35-25-29(19-22-38(35)48-39)28-18-21-37-34(24-28)30-14-7-8-17-36(30)47-37/h1-25H. The number of para-hydroxylation sites is 1. The lowest BCUT2D eigenvalue weighted by Gasteiger charge is -2.23. The van der Waals surface area contributed by atoms with Crippen LogP contribution in [-0.2, 0) is 0 Å². The first kappa shape index (κ1) is 26.6. The molecule has 0 aliphatic carbocycles. The Kier molecular flexibility index (Phi) is 5.81. The molecule has 0 saturated carbocycles. The summed E-state index contributed by atoms with van der Waals surface area (Å²) in [6.07, 6.45) is 0. The lowest BCUT2D eigenvalue weighted by Crippen LogP contribution is -2.02. The number of fused-ring (bicyclic) bond motifs is 5. The van der Waals surface area contributed by atoms with Gasteiger partial charge in [0.05, 0.1) is 0 Å². The number of furan rings is 1. The third-order valence-electron chi connectivity index (χ3n) is 9.14. The van der Waals surface area contributed by atoms with Crippen LogP contribution in [0, 0.1) is 0 Å². The van der Waals surface area contributed by atoms with Crippen LogP contribution in [0.15, 0.2) is 156 Å². The van der Waals surface area contributed by atoms with Gasteiger partial charge in [-0.25, -0.2) is 15.0 Å². The molecule has 5 heteroatoms. The van der Waals surface area contributed by atoms with Crippen molar-refractivity contribution in [1.82, 2.24) is 15.0 Å². The quantitative estimate of drug-likeness (QED) is 0.197. The Labute approximate surface area is 275 Å². The van der Waals surface area contributed by atoms with Gasteiger partial charge in [0.25, 0.3) is 0 Å². The molecule has 0 unspecified atom stereocenters. The molecule has 9 aromatic rings. The van der Waals surface area contributed by atoms with E-state index in [4.69, 9.17) is 24.1 Å². The van der Waals surface area contributed by atoms with Crippen molar-refractivity contribution in [3.63, 3.8) is 0 Å². The minimum Gasteiger partial charge on any atom is -0.456 e. The summed E-state index contributed by atoms with van der Waals surface area (Å²) in [6.45, 7) is 0. The van der Waals surface area contributed by atoms with E-state index in [-0.39, 0.29) is 0 Å². The van der Waals surface area contributed by atoms with E-state index in [1.807, 2.05) is 78.9 Å². The zero-order valence-corrected chi connectivity index (χ0v) is 25.6. The van der Waals surface area contributed by atoms with Crippen molar-refractivity contribution in [3.8, 4) is 67.9 Å². The van der Waals surface area contributed by atoms with Crippen molar-refractivity contribution < 1.29 is 9.15 Å². The molecule has 7 aromatic carbocycles. The molecule has 3 heterocycles. The largest absolute Gasteiger partial charge is 0.456 e. The van der Waals surface area contributed by atoms with E-state index in [2.05, 4.69) is 72.8 Å². The molecule has 48 heavy (non-hydrogen) atoms. The normalized spacial score (nSPS) is 11.9. The lowest BCUT2D eigenvalue weighted by atomic mass is 9.90. The molecule has 0 atom stereocenters. The molecule has 0 amide bonds. The Morgan fingerprint density at radius 1 is 0.354 bits per heavy atom. The summed E-state index contributed by atoms with van der Waals surface area (Å²) in [5.74, 6) is 3.53. The number of benzene rings is 7. The average Bonchev–Trinajstić information content (AvgIpc) is 3.53. The minimum absolute atomic E-state index is 0.617. The highest BCUT2D eigenvalue weighted by Crippen LogP contribution is 2.49. The van der Waals surface area contributed by atoms with Gasteiger partial charge in [-0.1, -0.05) is 109 Å². The van der Waals surface area contributed by atoms with Gasteiger partial charge >= 0.3 is 0 Å². The van der Waals surface area contributed by atoms with E-state index in [0.29, 0.717) is 17.5 Å². The Bertz CT molecular complexity index is 2640. The molecule has 0 spiro atoms. The van der Waals surface area contributed by atoms with E-state index in [0.717, 1.165) is 83.2 Å². The molecule has 0 bridgehead atoms. The fourth-order valence-corrected chi connectivity index (χ4v) is 6.84. The average molecular weight is 616 g/mol. The molecule has 0 saturated heterocycles. The van der Waals surface area contributed by atoms with E-state index in [1.165, 1.54) is 0 Å². The molecule has 224 valence electrons. The molecule has 0 N–H and O–H groups in total. The van der Waals surface area contributed by atoms with Crippen LogP contribution in [0.25, 0.3) is 89.1 Å². The molecule has 5 nitrogen and oxygen atoms in total. The molecular weight excluding hydrogens is 590 g/mol. The van der Waals surface area contributed by atoms with Gasteiger partial charge < -0.3 is 9.15 Å². The van der Waals surface area contributed by atoms with Crippen molar-refractivity contribution in [2.45, 2.75) is 0 Å². The van der Waals surface area contributed by atoms with Crippen LogP contribution in [0.1, 0.15) is 0 Å². The number of nitrogens with zero attached hydrogens (tertiary/aromatic N) is 3.